The molecule has 2 nitrogen and oxygen atoms in total. The number of aromatic nitrogens is 2. The monoisotopic (exact) mass is 300 g/mol. The lowest BCUT2D eigenvalue weighted by Gasteiger charge is -2.16. The smallest absolute Gasteiger partial charge is 0.296 e. The van der Waals surface area contributed by atoms with Crippen LogP contribution in [0.5, 0.6) is 0 Å². The van der Waals surface area contributed by atoms with Crippen LogP contribution in [0.2, 0.25) is 0 Å². The van der Waals surface area contributed by atoms with Crippen LogP contribution in [-0.2, 0) is 11.6 Å². The number of hydrogen-bond acceptors (Lipinski definition) is 1. The van der Waals surface area contributed by atoms with Crippen LogP contribution in [0.4, 0.5) is 13.2 Å². The predicted molar refractivity (Wildman–Crippen MR) is 74.7 cm³/mol. The van der Waals surface area contributed by atoms with Gasteiger partial charge in [-0.1, -0.05) is 39.1 Å². The molecule has 0 spiro atoms. The normalized spacial score (nSPS) is 12.7. The second-order valence-electron chi connectivity index (χ2n) is 5.64. The molecule has 2 aromatic rings. The third kappa shape index (κ3) is 2.95. The fourth-order valence-corrected chi connectivity index (χ4v) is 2.06. The summed E-state index contributed by atoms with van der Waals surface area (Å²) in [4.78, 5) is 0. The average Bonchev–Trinajstić information content (AvgIpc) is 2.70. The van der Waals surface area contributed by atoms with Crippen molar-refractivity contribution in [3.05, 3.63) is 46.2 Å². The van der Waals surface area contributed by atoms with E-state index in [1.54, 1.807) is 12.1 Å². The molecule has 1 aromatic carbocycles. The first-order chi connectivity index (χ1) is 9.09. The Morgan fingerprint density at radius 1 is 1.10 bits per heavy atom. The number of H-pyrrole nitrogens is 1. The number of hydrogen-bond donors (Lipinski definition) is 1. The first-order valence-corrected chi connectivity index (χ1v) is 6.50. The quantitative estimate of drug-likeness (QED) is 0.747. The van der Waals surface area contributed by atoms with Crippen molar-refractivity contribution in [1.29, 1.82) is 0 Å². The lowest BCUT2D eigenvalue weighted by Crippen LogP contribution is -2.13. The molecule has 0 atom stereocenters. The Bertz CT molecular complexity index is 675. The Morgan fingerprint density at radius 3 is 2.25 bits per heavy atom. The Hall–Kier alpha value is -1.56. The summed E-state index contributed by atoms with van der Waals surface area (Å²) in [5, 5.41) is 3.06. The number of alkyl halides is 3. The Balaban J connectivity index is 2.53. The minimum absolute atomic E-state index is 0.152. The zero-order chi connectivity index (χ0) is 15.1. The highest BCUT2D eigenvalue weighted by atomic mass is 32.1. The van der Waals surface area contributed by atoms with E-state index < -0.39 is 11.7 Å². The number of aromatic amines is 1. The molecule has 0 radical (unpaired) electrons. The number of nitrogens with zero attached hydrogens (tertiary/aromatic N) is 1. The largest absolute Gasteiger partial charge is 0.416 e. The van der Waals surface area contributed by atoms with Crippen LogP contribution in [0, 0.1) is 4.64 Å². The van der Waals surface area contributed by atoms with Crippen molar-refractivity contribution in [1.82, 2.24) is 9.78 Å². The number of nitrogens with one attached hydrogen (secondary N) is 1. The van der Waals surface area contributed by atoms with Gasteiger partial charge in [-0.3, -0.25) is 5.10 Å². The zero-order valence-corrected chi connectivity index (χ0v) is 12.2. The Labute approximate surface area is 120 Å². The molecule has 0 amide bonds. The van der Waals surface area contributed by atoms with Crippen LogP contribution in [0.15, 0.2) is 30.3 Å². The number of halogens is 3. The van der Waals surface area contributed by atoms with Gasteiger partial charge < -0.3 is 0 Å². The molecule has 2 rings (SSSR count). The van der Waals surface area contributed by atoms with E-state index in [1.165, 1.54) is 10.7 Å². The van der Waals surface area contributed by atoms with Crippen LogP contribution >= 0.6 is 12.2 Å². The highest BCUT2D eigenvalue weighted by Crippen LogP contribution is 2.30. The molecular formula is C14H15F3N2S. The molecule has 0 bridgehead atoms. The van der Waals surface area contributed by atoms with Crippen LogP contribution in [0.3, 0.4) is 0 Å². The summed E-state index contributed by atoms with van der Waals surface area (Å²) < 4.78 is 40.1. The van der Waals surface area contributed by atoms with E-state index >= 15 is 0 Å². The summed E-state index contributed by atoms with van der Waals surface area (Å²) in [5.74, 6) is 0. The predicted octanol–water partition coefficient (Wildman–Crippen LogP) is 4.85. The van der Waals surface area contributed by atoms with Gasteiger partial charge in [0.25, 0.3) is 0 Å². The second-order valence-corrected chi connectivity index (χ2v) is 6.06. The van der Waals surface area contributed by atoms with Gasteiger partial charge in [0.2, 0.25) is 0 Å². The summed E-state index contributed by atoms with van der Waals surface area (Å²) in [6.45, 7) is 6.01. The lowest BCUT2D eigenvalue weighted by atomic mass is 9.93. The molecule has 6 heteroatoms. The molecule has 0 saturated heterocycles. The molecule has 0 unspecified atom stereocenters. The van der Waals surface area contributed by atoms with Crippen LogP contribution in [0.25, 0.3) is 5.69 Å². The van der Waals surface area contributed by atoms with Crippen LogP contribution in [0.1, 0.15) is 32.0 Å². The minimum Gasteiger partial charge on any atom is -0.296 e. The van der Waals surface area contributed by atoms with Crippen molar-refractivity contribution in [2.45, 2.75) is 32.4 Å². The highest BCUT2D eigenvalue weighted by Gasteiger charge is 2.30. The maximum atomic E-state index is 12.7. The summed E-state index contributed by atoms with van der Waals surface area (Å²) in [5.41, 5.74) is 0.407. The van der Waals surface area contributed by atoms with E-state index in [9.17, 15) is 13.2 Å². The summed E-state index contributed by atoms with van der Waals surface area (Å²) in [7, 11) is 0. The van der Waals surface area contributed by atoms with E-state index in [2.05, 4.69) is 5.10 Å². The van der Waals surface area contributed by atoms with Crippen molar-refractivity contribution in [3.8, 4) is 5.69 Å². The van der Waals surface area contributed by atoms with E-state index in [1.807, 2.05) is 20.8 Å². The molecule has 1 aromatic heterocycles. The lowest BCUT2D eigenvalue weighted by molar-refractivity contribution is -0.137. The van der Waals surface area contributed by atoms with Gasteiger partial charge in [-0.2, -0.15) is 13.2 Å². The second kappa shape index (κ2) is 4.77. The van der Waals surface area contributed by atoms with Gasteiger partial charge in [-0.15, -0.1) is 0 Å². The van der Waals surface area contributed by atoms with E-state index in [4.69, 9.17) is 12.2 Å². The molecule has 1 N–H and O–H groups in total. The van der Waals surface area contributed by atoms with Gasteiger partial charge in [-0.25, -0.2) is 4.68 Å². The summed E-state index contributed by atoms with van der Waals surface area (Å²) >= 11 is 5.21. The zero-order valence-electron chi connectivity index (χ0n) is 11.4. The summed E-state index contributed by atoms with van der Waals surface area (Å²) in [6, 6.07) is 6.86. The van der Waals surface area contributed by atoms with Crippen molar-refractivity contribution in [2.75, 3.05) is 0 Å². The topological polar surface area (TPSA) is 20.7 Å². The highest BCUT2D eigenvalue weighted by molar-refractivity contribution is 7.71. The first-order valence-electron chi connectivity index (χ1n) is 6.09. The molecule has 0 aliphatic carbocycles. The maximum absolute atomic E-state index is 12.7. The molecule has 108 valence electrons. The molecule has 1 heterocycles. The van der Waals surface area contributed by atoms with Gasteiger partial charge in [-0.05, 0) is 24.3 Å². The summed E-state index contributed by atoms with van der Waals surface area (Å²) in [6.07, 6.45) is -4.36. The van der Waals surface area contributed by atoms with Gasteiger partial charge in [0.1, 0.15) is 4.64 Å². The standard InChI is InChI=1S/C14H15F3N2S/c1-13(2,3)11-8-12(20)19(18-11)10-6-4-5-9(7-10)14(15,16)17/h4-8,18H,1-3H3. The molecule has 0 saturated carbocycles. The molecule has 0 fully saturated rings. The van der Waals surface area contributed by atoms with Gasteiger partial charge in [0.05, 0.1) is 11.3 Å². The molecule has 0 aliphatic heterocycles. The minimum atomic E-state index is -4.36. The maximum Gasteiger partial charge on any atom is 0.416 e. The van der Waals surface area contributed by atoms with Crippen molar-refractivity contribution in [3.63, 3.8) is 0 Å². The van der Waals surface area contributed by atoms with Crippen molar-refractivity contribution in [2.24, 2.45) is 0 Å². The number of rotatable bonds is 1. The fraction of sp³-hybridized carbons (Fsp3) is 0.357. The molecule has 20 heavy (non-hydrogen) atoms. The molecular weight excluding hydrogens is 285 g/mol. The third-order valence-corrected chi connectivity index (χ3v) is 3.26. The first kappa shape index (κ1) is 14.8. The van der Waals surface area contributed by atoms with Crippen molar-refractivity contribution >= 4 is 12.2 Å². The van der Waals surface area contributed by atoms with Gasteiger partial charge in [0, 0.05) is 11.1 Å². The van der Waals surface area contributed by atoms with Gasteiger partial charge >= 0.3 is 6.18 Å². The average molecular weight is 300 g/mol. The fourth-order valence-electron chi connectivity index (χ4n) is 1.79. The van der Waals surface area contributed by atoms with E-state index in [0.29, 0.717) is 10.3 Å². The van der Waals surface area contributed by atoms with Crippen LogP contribution < -0.4 is 0 Å². The number of benzene rings is 1. The van der Waals surface area contributed by atoms with Crippen molar-refractivity contribution < 1.29 is 13.2 Å². The van der Waals surface area contributed by atoms with E-state index in [-0.39, 0.29) is 5.41 Å². The third-order valence-electron chi connectivity index (χ3n) is 2.96. The Kier molecular flexibility index (Phi) is 3.54. The SMILES string of the molecule is CC(C)(C)c1cc(=S)n(-c2cccc(C(F)(F)F)c2)[nH]1. The van der Waals surface area contributed by atoms with Gasteiger partial charge in [0.15, 0.2) is 0 Å². The molecule has 0 aliphatic rings. The Morgan fingerprint density at radius 2 is 1.75 bits per heavy atom. The van der Waals surface area contributed by atoms with E-state index in [0.717, 1.165) is 17.8 Å². The van der Waals surface area contributed by atoms with Crippen LogP contribution in [-0.4, -0.2) is 9.78 Å².